The summed E-state index contributed by atoms with van der Waals surface area (Å²) in [6.45, 7) is 2.60. The Hall–Kier alpha value is -2.05. The van der Waals surface area contributed by atoms with Crippen LogP contribution >= 0.6 is 15.9 Å². The van der Waals surface area contributed by atoms with E-state index in [2.05, 4.69) is 47.1 Å². The van der Waals surface area contributed by atoms with Crippen molar-refractivity contribution in [2.75, 3.05) is 0 Å². The van der Waals surface area contributed by atoms with Gasteiger partial charge in [-0.2, -0.15) is 5.26 Å². The summed E-state index contributed by atoms with van der Waals surface area (Å²) in [6, 6.07) is 16.0. The van der Waals surface area contributed by atoms with Gasteiger partial charge in [0.05, 0.1) is 10.5 Å². The maximum absolute atomic E-state index is 8.51. The topological polar surface area (TPSA) is 33.0 Å². The second-order valence-electron chi connectivity index (χ2n) is 4.43. The third-order valence-electron chi connectivity index (χ3n) is 2.82. The number of nitrogens with zero attached hydrogens (tertiary/aromatic N) is 1. The van der Waals surface area contributed by atoms with Gasteiger partial charge in [-0.3, -0.25) is 0 Å². The van der Waals surface area contributed by atoms with E-state index in [9.17, 15) is 0 Å². The molecule has 2 nitrogen and oxygen atoms in total. The van der Waals surface area contributed by atoms with Gasteiger partial charge in [0.15, 0.2) is 0 Å². The van der Waals surface area contributed by atoms with Crippen LogP contribution in [0.15, 0.2) is 53.0 Å². The van der Waals surface area contributed by atoms with E-state index < -0.39 is 0 Å². The number of hydrogen-bond acceptors (Lipinski definition) is 2. The summed E-state index contributed by atoms with van der Waals surface area (Å²) in [6.07, 6.45) is 3.21. The van der Waals surface area contributed by atoms with Gasteiger partial charge in [0.1, 0.15) is 12.4 Å². The van der Waals surface area contributed by atoms with Gasteiger partial charge in [0.2, 0.25) is 0 Å². The number of aryl methyl sites for hydroxylation is 1. The van der Waals surface area contributed by atoms with E-state index in [1.165, 1.54) is 11.6 Å². The molecule has 0 aliphatic heterocycles. The first-order valence-electron chi connectivity index (χ1n) is 6.23. The molecule has 0 N–H and O–H groups in total. The minimum atomic E-state index is 0.534. The Morgan fingerprint density at radius 1 is 1.20 bits per heavy atom. The minimum absolute atomic E-state index is 0.534. The van der Waals surface area contributed by atoms with Crippen molar-refractivity contribution in [2.24, 2.45) is 0 Å². The number of benzene rings is 2. The largest absolute Gasteiger partial charge is 0.488 e. The standard InChI is InChI=1S/C17H14BrNO/c1-13-4-6-15(7-5-13)12-20-17-9-8-14(3-2-10-19)11-16(17)18/h2-9,11H,12H2,1H3. The zero-order chi connectivity index (χ0) is 14.4. The van der Waals surface area contributed by atoms with Crippen LogP contribution in [0.1, 0.15) is 16.7 Å². The lowest BCUT2D eigenvalue weighted by Gasteiger charge is -2.09. The number of rotatable bonds is 4. The van der Waals surface area contributed by atoms with Crippen molar-refractivity contribution in [3.8, 4) is 11.8 Å². The van der Waals surface area contributed by atoms with Gasteiger partial charge in [0.25, 0.3) is 0 Å². The van der Waals surface area contributed by atoms with Gasteiger partial charge in [-0.1, -0.05) is 35.9 Å². The van der Waals surface area contributed by atoms with Crippen LogP contribution in [0.3, 0.4) is 0 Å². The fraction of sp³-hybridized carbons (Fsp3) is 0.118. The second-order valence-corrected chi connectivity index (χ2v) is 5.28. The molecule has 2 aromatic rings. The van der Waals surface area contributed by atoms with E-state index in [4.69, 9.17) is 10.00 Å². The molecule has 2 rings (SSSR count). The van der Waals surface area contributed by atoms with Crippen LogP contribution in [0.5, 0.6) is 5.75 Å². The summed E-state index contributed by atoms with van der Waals surface area (Å²) < 4.78 is 6.67. The third kappa shape index (κ3) is 3.97. The fourth-order valence-corrected chi connectivity index (χ4v) is 2.23. The molecule has 20 heavy (non-hydrogen) atoms. The normalized spacial score (nSPS) is 10.4. The molecule has 2 aromatic carbocycles. The smallest absolute Gasteiger partial charge is 0.134 e. The van der Waals surface area contributed by atoms with Gasteiger partial charge in [-0.25, -0.2) is 0 Å². The Morgan fingerprint density at radius 2 is 1.95 bits per heavy atom. The Labute approximate surface area is 127 Å². The molecule has 0 unspecified atom stereocenters. The van der Waals surface area contributed by atoms with Crippen molar-refractivity contribution < 1.29 is 4.74 Å². The molecule has 0 bridgehead atoms. The number of ether oxygens (including phenoxy) is 1. The highest BCUT2D eigenvalue weighted by Gasteiger charge is 2.02. The molecule has 0 atom stereocenters. The highest BCUT2D eigenvalue weighted by molar-refractivity contribution is 9.10. The molecule has 0 aromatic heterocycles. The molecule has 0 aliphatic carbocycles. The lowest BCUT2D eigenvalue weighted by atomic mass is 10.2. The summed E-state index contributed by atoms with van der Waals surface area (Å²) in [5.74, 6) is 0.791. The number of nitriles is 1. The summed E-state index contributed by atoms with van der Waals surface area (Å²) in [7, 11) is 0. The summed E-state index contributed by atoms with van der Waals surface area (Å²) >= 11 is 3.48. The summed E-state index contributed by atoms with van der Waals surface area (Å²) in [4.78, 5) is 0. The predicted molar refractivity (Wildman–Crippen MR) is 84.3 cm³/mol. The van der Waals surface area contributed by atoms with Crippen molar-refractivity contribution in [1.82, 2.24) is 0 Å². The van der Waals surface area contributed by atoms with Crippen LogP contribution in [0.2, 0.25) is 0 Å². The Bertz CT molecular complexity index is 654. The summed E-state index contributed by atoms with van der Waals surface area (Å²) in [5.41, 5.74) is 3.33. The van der Waals surface area contributed by atoms with Crippen LogP contribution in [0.25, 0.3) is 6.08 Å². The first kappa shape index (κ1) is 14.4. The van der Waals surface area contributed by atoms with Gasteiger partial charge < -0.3 is 4.74 Å². The van der Waals surface area contributed by atoms with E-state index in [0.717, 1.165) is 21.3 Å². The van der Waals surface area contributed by atoms with E-state index >= 15 is 0 Å². The van der Waals surface area contributed by atoms with Gasteiger partial charge in [-0.15, -0.1) is 0 Å². The summed E-state index contributed by atoms with van der Waals surface area (Å²) in [5, 5.41) is 8.51. The van der Waals surface area contributed by atoms with Gasteiger partial charge in [-0.05, 0) is 52.2 Å². The lowest BCUT2D eigenvalue weighted by molar-refractivity contribution is 0.304. The van der Waals surface area contributed by atoms with Crippen LogP contribution in [0.4, 0.5) is 0 Å². The van der Waals surface area contributed by atoms with E-state index in [1.807, 2.05) is 24.3 Å². The van der Waals surface area contributed by atoms with Crippen molar-refractivity contribution >= 4 is 22.0 Å². The molecule has 0 aliphatic rings. The first-order valence-corrected chi connectivity index (χ1v) is 7.02. The first-order chi connectivity index (χ1) is 9.69. The highest BCUT2D eigenvalue weighted by Crippen LogP contribution is 2.27. The van der Waals surface area contributed by atoms with Gasteiger partial charge >= 0.3 is 0 Å². The number of halogens is 1. The molecule has 100 valence electrons. The molecule has 0 fully saturated rings. The van der Waals surface area contributed by atoms with Crippen LogP contribution < -0.4 is 4.74 Å². The van der Waals surface area contributed by atoms with Crippen molar-refractivity contribution in [3.63, 3.8) is 0 Å². The molecule has 0 radical (unpaired) electrons. The maximum Gasteiger partial charge on any atom is 0.134 e. The third-order valence-corrected chi connectivity index (χ3v) is 3.44. The molecule has 0 heterocycles. The molecule has 0 saturated carbocycles. The van der Waals surface area contributed by atoms with Crippen molar-refractivity contribution in [3.05, 3.63) is 69.7 Å². The zero-order valence-corrected chi connectivity index (χ0v) is 12.7. The molecular weight excluding hydrogens is 314 g/mol. The zero-order valence-electron chi connectivity index (χ0n) is 11.1. The van der Waals surface area contributed by atoms with Crippen LogP contribution in [0, 0.1) is 18.3 Å². The minimum Gasteiger partial charge on any atom is -0.488 e. The Morgan fingerprint density at radius 3 is 2.60 bits per heavy atom. The average Bonchev–Trinajstić information content (AvgIpc) is 2.46. The molecular formula is C17H14BrNO. The molecule has 0 amide bonds. The Kier molecular flexibility index (Phi) is 4.97. The van der Waals surface area contributed by atoms with Crippen LogP contribution in [-0.4, -0.2) is 0 Å². The quantitative estimate of drug-likeness (QED) is 0.750. The molecule has 0 saturated heterocycles. The SMILES string of the molecule is Cc1ccc(COc2ccc(C=CC#N)cc2Br)cc1. The number of allylic oxidation sites excluding steroid dienone is 1. The average molecular weight is 328 g/mol. The van der Waals surface area contributed by atoms with E-state index in [-0.39, 0.29) is 0 Å². The highest BCUT2D eigenvalue weighted by atomic mass is 79.9. The second kappa shape index (κ2) is 6.93. The predicted octanol–water partition coefficient (Wildman–Crippen LogP) is 4.87. The van der Waals surface area contributed by atoms with E-state index in [1.54, 1.807) is 6.08 Å². The maximum atomic E-state index is 8.51. The fourth-order valence-electron chi connectivity index (χ4n) is 1.72. The van der Waals surface area contributed by atoms with Crippen LogP contribution in [-0.2, 0) is 6.61 Å². The van der Waals surface area contributed by atoms with Crippen molar-refractivity contribution in [1.29, 1.82) is 5.26 Å². The van der Waals surface area contributed by atoms with Gasteiger partial charge in [0, 0.05) is 6.08 Å². The lowest BCUT2D eigenvalue weighted by Crippen LogP contribution is -1.96. The van der Waals surface area contributed by atoms with Crippen molar-refractivity contribution in [2.45, 2.75) is 13.5 Å². The molecule has 0 spiro atoms. The number of hydrogen-bond donors (Lipinski definition) is 0. The van der Waals surface area contributed by atoms with E-state index in [0.29, 0.717) is 6.61 Å². The molecule has 3 heteroatoms. The monoisotopic (exact) mass is 327 g/mol. The Balaban J connectivity index is 2.05.